The third-order valence-corrected chi connectivity index (χ3v) is 3.27. The Balaban J connectivity index is 0.000000235. The van der Waals surface area contributed by atoms with E-state index in [1.807, 2.05) is 37.3 Å². The van der Waals surface area contributed by atoms with Gasteiger partial charge in [0.25, 0.3) is 0 Å². The van der Waals surface area contributed by atoms with Crippen molar-refractivity contribution in [2.24, 2.45) is 4.40 Å². The monoisotopic (exact) mass is 315 g/mol. The number of hydrogen-bond donors (Lipinski definition) is 0. The summed E-state index contributed by atoms with van der Waals surface area (Å²) in [6.45, 7) is 7.71. The van der Waals surface area contributed by atoms with E-state index in [2.05, 4.69) is 42.2 Å². The van der Waals surface area contributed by atoms with E-state index >= 15 is 0 Å². The summed E-state index contributed by atoms with van der Waals surface area (Å²) in [7, 11) is -3.26. The summed E-state index contributed by atoms with van der Waals surface area (Å²) in [4.78, 5) is 0. The second-order valence-electron chi connectivity index (χ2n) is 4.99. The van der Waals surface area contributed by atoms with Crippen LogP contribution in [-0.2, 0) is 10.0 Å². The molecule has 22 heavy (non-hydrogen) atoms. The predicted molar refractivity (Wildman–Crippen MR) is 94.9 cm³/mol. The molecule has 0 aliphatic heterocycles. The molecular weight excluding hydrogens is 294 g/mol. The first-order valence-corrected chi connectivity index (χ1v) is 8.66. The lowest BCUT2D eigenvalue weighted by Gasteiger charge is -1.93. The van der Waals surface area contributed by atoms with Gasteiger partial charge in [-0.1, -0.05) is 72.3 Å². The van der Waals surface area contributed by atoms with E-state index in [4.69, 9.17) is 0 Å². The SMILES string of the molecule is C=Cc1ccc(C)cc1.Cc1ccc(C=NS(C)(=O)=O)cc1. The van der Waals surface area contributed by atoms with Crippen molar-refractivity contribution in [1.82, 2.24) is 0 Å². The van der Waals surface area contributed by atoms with Crippen LogP contribution in [0, 0.1) is 13.8 Å². The Morgan fingerprint density at radius 3 is 1.64 bits per heavy atom. The van der Waals surface area contributed by atoms with Crippen molar-refractivity contribution in [3.05, 3.63) is 77.4 Å². The number of hydrogen-bond acceptors (Lipinski definition) is 2. The lowest BCUT2D eigenvalue weighted by atomic mass is 10.2. The molecule has 2 aromatic rings. The highest BCUT2D eigenvalue weighted by Gasteiger charge is 1.93. The molecule has 3 nitrogen and oxygen atoms in total. The van der Waals surface area contributed by atoms with Gasteiger partial charge in [0.05, 0.1) is 6.26 Å². The van der Waals surface area contributed by atoms with Crippen molar-refractivity contribution in [1.29, 1.82) is 0 Å². The maximum absolute atomic E-state index is 10.7. The van der Waals surface area contributed by atoms with E-state index in [1.54, 1.807) is 0 Å². The fourth-order valence-corrected chi connectivity index (χ4v) is 1.82. The van der Waals surface area contributed by atoms with Crippen molar-refractivity contribution in [2.75, 3.05) is 6.26 Å². The minimum Gasteiger partial charge on any atom is -0.205 e. The highest BCUT2D eigenvalue weighted by molar-refractivity contribution is 7.89. The molecule has 0 spiro atoms. The Hall–Kier alpha value is -2.20. The van der Waals surface area contributed by atoms with Gasteiger partial charge in [-0.2, -0.15) is 4.40 Å². The van der Waals surface area contributed by atoms with Crippen molar-refractivity contribution < 1.29 is 8.42 Å². The molecule has 2 aromatic carbocycles. The molecule has 0 radical (unpaired) electrons. The molecule has 0 saturated heterocycles. The highest BCUT2D eigenvalue weighted by atomic mass is 32.2. The summed E-state index contributed by atoms with van der Waals surface area (Å²) >= 11 is 0. The van der Waals surface area contributed by atoms with Gasteiger partial charge in [-0.15, -0.1) is 0 Å². The number of benzene rings is 2. The molecule has 0 aromatic heterocycles. The fourth-order valence-electron chi connectivity index (χ4n) is 1.51. The maximum atomic E-state index is 10.7. The van der Waals surface area contributed by atoms with E-state index in [0.717, 1.165) is 17.4 Å². The van der Waals surface area contributed by atoms with Crippen LogP contribution in [0.25, 0.3) is 6.08 Å². The van der Waals surface area contributed by atoms with Crippen molar-refractivity contribution >= 4 is 22.3 Å². The Morgan fingerprint density at radius 2 is 1.27 bits per heavy atom. The van der Waals surface area contributed by atoms with Crippen LogP contribution in [0.15, 0.2) is 59.5 Å². The van der Waals surface area contributed by atoms with Crippen molar-refractivity contribution in [3.8, 4) is 0 Å². The Bertz CT molecular complexity index is 728. The summed E-state index contributed by atoms with van der Waals surface area (Å²) in [5, 5.41) is 0. The molecule has 0 amide bonds. The lowest BCUT2D eigenvalue weighted by molar-refractivity contribution is 0.604. The molecule has 116 valence electrons. The molecule has 0 fully saturated rings. The summed E-state index contributed by atoms with van der Waals surface area (Å²) in [6.07, 6.45) is 4.26. The zero-order chi connectivity index (χ0) is 16.6. The lowest BCUT2D eigenvalue weighted by Crippen LogP contribution is -1.91. The van der Waals surface area contributed by atoms with Crippen molar-refractivity contribution in [3.63, 3.8) is 0 Å². The molecule has 0 aliphatic rings. The van der Waals surface area contributed by atoms with E-state index in [0.29, 0.717) is 0 Å². The van der Waals surface area contributed by atoms with E-state index in [-0.39, 0.29) is 0 Å². The molecule has 2 rings (SSSR count). The quantitative estimate of drug-likeness (QED) is 0.803. The Morgan fingerprint density at radius 1 is 0.864 bits per heavy atom. The van der Waals surface area contributed by atoms with Crippen LogP contribution in [0.3, 0.4) is 0 Å². The van der Waals surface area contributed by atoms with Crippen LogP contribution >= 0.6 is 0 Å². The minimum atomic E-state index is -3.26. The highest BCUT2D eigenvalue weighted by Crippen LogP contribution is 2.03. The van der Waals surface area contributed by atoms with E-state index < -0.39 is 10.0 Å². The van der Waals surface area contributed by atoms with Gasteiger partial charge in [0, 0.05) is 6.21 Å². The van der Waals surface area contributed by atoms with Gasteiger partial charge >= 0.3 is 0 Å². The van der Waals surface area contributed by atoms with Gasteiger partial charge in [-0.3, -0.25) is 0 Å². The van der Waals surface area contributed by atoms with Crippen LogP contribution in [0.4, 0.5) is 0 Å². The number of nitrogens with zero attached hydrogens (tertiary/aromatic N) is 1. The largest absolute Gasteiger partial charge is 0.250 e. The normalized spacial score (nSPS) is 10.9. The van der Waals surface area contributed by atoms with Gasteiger partial charge in [-0.25, -0.2) is 8.42 Å². The average Bonchev–Trinajstić information content (AvgIpc) is 2.47. The van der Waals surface area contributed by atoms with Crippen LogP contribution in [0.2, 0.25) is 0 Å². The fraction of sp³-hybridized carbons (Fsp3) is 0.167. The van der Waals surface area contributed by atoms with E-state index in [9.17, 15) is 8.42 Å². The molecule has 4 heteroatoms. The van der Waals surface area contributed by atoms with Gasteiger partial charge in [-0.05, 0) is 25.0 Å². The molecule has 0 aliphatic carbocycles. The molecule has 0 unspecified atom stereocenters. The zero-order valence-electron chi connectivity index (χ0n) is 13.2. The van der Waals surface area contributed by atoms with Crippen LogP contribution in [0.1, 0.15) is 22.3 Å². The van der Waals surface area contributed by atoms with Gasteiger partial charge in [0.1, 0.15) is 0 Å². The van der Waals surface area contributed by atoms with Crippen molar-refractivity contribution in [2.45, 2.75) is 13.8 Å². The van der Waals surface area contributed by atoms with Gasteiger partial charge < -0.3 is 0 Å². The third-order valence-electron chi connectivity index (χ3n) is 2.78. The van der Waals surface area contributed by atoms with Gasteiger partial charge in [0.15, 0.2) is 0 Å². The Kier molecular flexibility index (Phi) is 6.73. The molecule has 0 saturated carbocycles. The Labute approximate surface area is 133 Å². The number of sulfonamides is 1. The van der Waals surface area contributed by atoms with E-state index in [1.165, 1.54) is 17.3 Å². The third kappa shape index (κ3) is 7.55. The van der Waals surface area contributed by atoms with Crippen LogP contribution in [-0.4, -0.2) is 20.9 Å². The number of aryl methyl sites for hydroxylation is 2. The number of rotatable bonds is 3. The first-order valence-electron chi connectivity index (χ1n) is 6.81. The molecule has 0 bridgehead atoms. The summed E-state index contributed by atoms with van der Waals surface area (Å²) in [6, 6.07) is 15.7. The first kappa shape index (κ1) is 17.9. The summed E-state index contributed by atoms with van der Waals surface area (Å²) in [5.41, 5.74) is 4.40. The topological polar surface area (TPSA) is 46.5 Å². The second kappa shape index (κ2) is 8.29. The van der Waals surface area contributed by atoms with Gasteiger partial charge in [0.2, 0.25) is 10.0 Å². The first-order chi connectivity index (χ1) is 10.3. The predicted octanol–water partition coefficient (Wildman–Crippen LogP) is 4.01. The molecule has 0 N–H and O–H groups in total. The minimum absolute atomic E-state index is 0.788. The second-order valence-corrected chi connectivity index (χ2v) is 6.67. The summed E-state index contributed by atoms with van der Waals surface area (Å²) in [5.74, 6) is 0. The van der Waals surface area contributed by atoms with Crippen LogP contribution < -0.4 is 0 Å². The molecular formula is C18H21NO2S. The van der Waals surface area contributed by atoms with Crippen LogP contribution in [0.5, 0.6) is 0 Å². The standard InChI is InChI=1S/C9H11NO2S.C9H10/c1-8-3-5-9(6-4-8)7-10-13(2,11)12;1-3-9-6-4-8(2)5-7-9/h3-7H,1-2H3;3-7H,1H2,2H3. The molecule has 0 atom stereocenters. The molecule has 0 heterocycles. The zero-order valence-corrected chi connectivity index (χ0v) is 14.0. The summed E-state index contributed by atoms with van der Waals surface area (Å²) < 4.78 is 24.8. The maximum Gasteiger partial charge on any atom is 0.250 e. The smallest absolute Gasteiger partial charge is 0.205 e. The average molecular weight is 315 g/mol.